The van der Waals surface area contributed by atoms with Crippen molar-refractivity contribution in [2.45, 2.75) is 20.1 Å². The molecule has 0 unspecified atom stereocenters. The number of nitrogens with zero attached hydrogens (tertiary/aromatic N) is 3. The van der Waals surface area contributed by atoms with Gasteiger partial charge in [0.25, 0.3) is 0 Å². The highest BCUT2D eigenvalue weighted by molar-refractivity contribution is 9.10. The Bertz CT molecular complexity index is 952. The molecule has 0 saturated carbocycles. The summed E-state index contributed by atoms with van der Waals surface area (Å²) in [5.74, 6) is 1.33. The molecule has 0 saturated heterocycles. The monoisotopic (exact) mass is 457 g/mol. The molecule has 1 N–H and O–H groups in total. The number of hydrogen-bond donors (Lipinski definition) is 1. The first-order chi connectivity index (χ1) is 14.0. The average molecular weight is 458 g/mol. The van der Waals surface area contributed by atoms with Crippen molar-refractivity contribution in [3.05, 3.63) is 76.5 Å². The second-order valence-electron chi connectivity index (χ2n) is 6.12. The third-order valence-electron chi connectivity index (χ3n) is 4.13. The minimum atomic E-state index is -1.42. The van der Waals surface area contributed by atoms with Gasteiger partial charge in [-0.15, -0.1) is 0 Å². The fourth-order valence-electron chi connectivity index (χ4n) is 2.72. The molecule has 8 heteroatoms. The maximum atomic E-state index is 10.6. The van der Waals surface area contributed by atoms with Crippen LogP contribution in [-0.4, -0.2) is 27.8 Å². The predicted octanol–water partition coefficient (Wildman–Crippen LogP) is 4.90. The Morgan fingerprint density at radius 1 is 1.14 bits per heavy atom. The van der Waals surface area contributed by atoms with E-state index < -0.39 is 6.16 Å². The van der Waals surface area contributed by atoms with E-state index in [1.807, 2.05) is 60.4 Å². The van der Waals surface area contributed by atoms with Crippen LogP contribution in [0.3, 0.4) is 0 Å². The lowest BCUT2D eigenvalue weighted by Gasteiger charge is -2.23. The van der Waals surface area contributed by atoms with Crippen LogP contribution in [0.25, 0.3) is 0 Å². The van der Waals surface area contributed by atoms with E-state index in [9.17, 15) is 4.79 Å². The number of ether oxygens (including phenoxy) is 2. The van der Waals surface area contributed by atoms with Gasteiger partial charge in [0.15, 0.2) is 0 Å². The molecular weight excluding hydrogens is 438 g/mol. The van der Waals surface area contributed by atoms with Gasteiger partial charge in [0.1, 0.15) is 18.2 Å². The van der Waals surface area contributed by atoms with Gasteiger partial charge in [-0.1, -0.05) is 46.3 Å². The second-order valence-corrected chi connectivity index (χ2v) is 7.04. The molecule has 0 atom stereocenters. The van der Waals surface area contributed by atoms with Crippen molar-refractivity contribution in [2.24, 2.45) is 0 Å². The maximum absolute atomic E-state index is 10.6. The lowest BCUT2D eigenvalue weighted by molar-refractivity contribution is 0.142. The normalized spacial score (nSPS) is 10.4. The Hall–Kier alpha value is -3.13. The van der Waals surface area contributed by atoms with Crippen LogP contribution in [0.15, 0.2) is 65.4 Å². The fraction of sp³-hybridized carbons (Fsp3) is 0.190. The number of hydrogen-bond acceptors (Lipinski definition) is 6. The highest BCUT2D eigenvalue weighted by Gasteiger charge is 2.13. The molecule has 2 aromatic carbocycles. The minimum Gasteiger partial charge on any atom is -0.489 e. The quantitative estimate of drug-likeness (QED) is 0.481. The van der Waals surface area contributed by atoms with Crippen LogP contribution in [0.4, 0.5) is 10.6 Å². The van der Waals surface area contributed by atoms with E-state index in [4.69, 9.17) is 9.84 Å². The lowest BCUT2D eigenvalue weighted by atomic mass is 10.2. The molecule has 0 aliphatic heterocycles. The Morgan fingerprint density at radius 2 is 1.93 bits per heavy atom. The summed E-state index contributed by atoms with van der Waals surface area (Å²) >= 11 is 3.52. The smallest absolute Gasteiger partial charge is 0.489 e. The molecule has 0 amide bonds. The molecule has 1 heterocycles. The van der Waals surface area contributed by atoms with E-state index in [0.717, 1.165) is 21.3 Å². The van der Waals surface area contributed by atoms with Crippen molar-refractivity contribution in [3.63, 3.8) is 0 Å². The zero-order chi connectivity index (χ0) is 20.6. The lowest BCUT2D eigenvalue weighted by Crippen LogP contribution is -2.23. The van der Waals surface area contributed by atoms with Gasteiger partial charge in [-0.3, -0.25) is 0 Å². The molecule has 1 aromatic heterocycles. The van der Waals surface area contributed by atoms with Crippen LogP contribution in [0, 0.1) is 0 Å². The summed E-state index contributed by atoms with van der Waals surface area (Å²) in [6, 6.07) is 15.9. The van der Waals surface area contributed by atoms with E-state index in [-0.39, 0.29) is 5.88 Å². The van der Waals surface area contributed by atoms with Crippen molar-refractivity contribution < 1.29 is 19.4 Å². The summed E-state index contributed by atoms with van der Waals surface area (Å²) in [5, 5.41) is 8.66. The summed E-state index contributed by atoms with van der Waals surface area (Å²) in [5.41, 5.74) is 2.08. The summed E-state index contributed by atoms with van der Waals surface area (Å²) in [4.78, 5) is 20.9. The summed E-state index contributed by atoms with van der Waals surface area (Å²) < 4.78 is 11.5. The maximum Gasteiger partial charge on any atom is 0.512 e. The number of aromatic nitrogens is 2. The Balaban J connectivity index is 1.76. The third-order valence-corrected chi connectivity index (χ3v) is 4.63. The minimum absolute atomic E-state index is 0.0633. The number of halogens is 1. The zero-order valence-electron chi connectivity index (χ0n) is 15.8. The average Bonchev–Trinajstić information content (AvgIpc) is 2.72. The number of anilines is 1. The Morgan fingerprint density at radius 3 is 2.59 bits per heavy atom. The van der Waals surface area contributed by atoms with Gasteiger partial charge in [0.05, 0.1) is 12.4 Å². The van der Waals surface area contributed by atoms with Gasteiger partial charge < -0.3 is 19.5 Å². The molecule has 29 heavy (non-hydrogen) atoms. The molecule has 150 valence electrons. The zero-order valence-corrected chi connectivity index (χ0v) is 17.4. The number of benzene rings is 2. The Kier molecular flexibility index (Phi) is 7.02. The van der Waals surface area contributed by atoms with Crippen LogP contribution >= 0.6 is 15.9 Å². The molecule has 0 radical (unpaired) electrons. The summed E-state index contributed by atoms with van der Waals surface area (Å²) in [6.45, 7) is 3.71. The van der Waals surface area contributed by atoms with Gasteiger partial charge >= 0.3 is 6.16 Å². The van der Waals surface area contributed by atoms with E-state index in [0.29, 0.717) is 25.5 Å². The first-order valence-corrected chi connectivity index (χ1v) is 9.77. The molecule has 3 rings (SSSR count). The molecule has 0 fully saturated rings. The van der Waals surface area contributed by atoms with Crippen LogP contribution in [0.1, 0.15) is 18.1 Å². The molecular formula is C21H20BrN3O4. The van der Waals surface area contributed by atoms with Gasteiger partial charge in [0, 0.05) is 23.1 Å². The Labute approximate surface area is 177 Å². The highest BCUT2D eigenvalue weighted by atomic mass is 79.9. The van der Waals surface area contributed by atoms with Crippen LogP contribution in [0.2, 0.25) is 0 Å². The van der Waals surface area contributed by atoms with Gasteiger partial charge in [-0.05, 0) is 30.7 Å². The predicted molar refractivity (Wildman–Crippen MR) is 112 cm³/mol. The fourth-order valence-corrected chi connectivity index (χ4v) is 3.13. The van der Waals surface area contributed by atoms with E-state index >= 15 is 0 Å². The summed E-state index contributed by atoms with van der Waals surface area (Å²) in [7, 11) is 0. The molecule has 0 spiro atoms. The second kappa shape index (κ2) is 9.88. The van der Waals surface area contributed by atoms with Crippen molar-refractivity contribution in [3.8, 4) is 11.6 Å². The molecule has 7 nitrogen and oxygen atoms in total. The van der Waals surface area contributed by atoms with E-state index in [1.165, 1.54) is 12.4 Å². The van der Waals surface area contributed by atoms with Crippen LogP contribution < -0.4 is 14.4 Å². The van der Waals surface area contributed by atoms with Crippen molar-refractivity contribution in [1.29, 1.82) is 0 Å². The highest BCUT2D eigenvalue weighted by Crippen LogP contribution is 2.27. The van der Waals surface area contributed by atoms with Crippen molar-refractivity contribution in [2.75, 3.05) is 11.4 Å². The van der Waals surface area contributed by atoms with Gasteiger partial charge in [-0.25, -0.2) is 14.8 Å². The SMILES string of the molecule is CCN(Cc1cc(Br)ccc1OCc1ccccc1)c1cnc(OC(=O)O)cn1. The van der Waals surface area contributed by atoms with Gasteiger partial charge in [0.2, 0.25) is 5.88 Å². The van der Waals surface area contributed by atoms with Crippen LogP contribution in [0.5, 0.6) is 11.6 Å². The summed E-state index contributed by atoms with van der Waals surface area (Å²) in [6.07, 6.45) is 1.36. The van der Waals surface area contributed by atoms with E-state index in [1.54, 1.807) is 0 Å². The first kappa shape index (κ1) is 20.6. The number of carbonyl (C=O) groups is 1. The molecule has 3 aromatic rings. The third kappa shape index (κ3) is 5.92. The molecule has 0 aliphatic carbocycles. The topological polar surface area (TPSA) is 84.8 Å². The van der Waals surface area contributed by atoms with Crippen molar-refractivity contribution >= 4 is 27.9 Å². The molecule has 0 bridgehead atoms. The number of rotatable bonds is 8. The number of carboxylic acid groups (broad SMARTS) is 1. The van der Waals surface area contributed by atoms with Crippen molar-refractivity contribution in [1.82, 2.24) is 9.97 Å². The first-order valence-electron chi connectivity index (χ1n) is 8.98. The van der Waals surface area contributed by atoms with Gasteiger partial charge in [-0.2, -0.15) is 0 Å². The van der Waals surface area contributed by atoms with Crippen LogP contribution in [-0.2, 0) is 13.2 Å². The van der Waals surface area contributed by atoms with E-state index in [2.05, 4.69) is 30.6 Å². The largest absolute Gasteiger partial charge is 0.512 e. The standard InChI is InChI=1S/C21H20BrN3O4/c1-2-25(19-11-24-20(12-23-19)29-21(26)27)13-16-10-17(22)8-9-18(16)28-14-15-6-4-3-5-7-15/h3-12H,2,13-14H2,1H3,(H,26,27). The molecule has 0 aliphatic rings.